The predicted octanol–water partition coefficient (Wildman–Crippen LogP) is 4.10. The molecular weight excluding hydrogens is 288 g/mol. The van der Waals surface area contributed by atoms with Crippen molar-refractivity contribution in [2.75, 3.05) is 11.4 Å². The fourth-order valence-corrected chi connectivity index (χ4v) is 2.95. The number of pyridine rings is 1. The van der Waals surface area contributed by atoms with E-state index in [0.717, 1.165) is 28.7 Å². The number of anilines is 1. The number of ether oxygens (including phenoxy) is 1. The second-order valence-corrected chi connectivity index (χ2v) is 5.71. The van der Waals surface area contributed by atoms with Crippen molar-refractivity contribution in [3.63, 3.8) is 0 Å². The van der Waals surface area contributed by atoms with Crippen molar-refractivity contribution in [2.45, 2.75) is 13.3 Å². The van der Waals surface area contributed by atoms with E-state index in [1.54, 1.807) is 11.0 Å². The number of aromatic nitrogens is 1. The molecule has 1 aliphatic heterocycles. The minimum atomic E-state index is -0.339. The molecule has 1 amide bonds. The molecule has 0 spiro atoms. The van der Waals surface area contributed by atoms with Crippen LogP contribution in [0.5, 0.6) is 5.75 Å². The lowest BCUT2D eigenvalue weighted by atomic mass is 10.2. The summed E-state index contributed by atoms with van der Waals surface area (Å²) in [5.74, 6) is 0.539. The zero-order valence-electron chi connectivity index (χ0n) is 12.8. The molecule has 0 fully saturated rings. The SMILES string of the molecule is Cc1ccc2cc(OC(=O)N3CCc4ccccc43)ccc2n1. The number of amides is 1. The van der Waals surface area contributed by atoms with Gasteiger partial charge in [-0.05, 0) is 49.2 Å². The molecule has 0 aliphatic carbocycles. The van der Waals surface area contributed by atoms with Gasteiger partial charge in [0.25, 0.3) is 0 Å². The Kier molecular flexibility index (Phi) is 3.23. The van der Waals surface area contributed by atoms with E-state index in [1.165, 1.54) is 5.56 Å². The van der Waals surface area contributed by atoms with Gasteiger partial charge in [0.15, 0.2) is 0 Å². The number of carbonyl (C=O) groups is 1. The molecule has 4 nitrogen and oxygen atoms in total. The van der Waals surface area contributed by atoms with Gasteiger partial charge in [-0.15, -0.1) is 0 Å². The number of nitrogens with zero attached hydrogens (tertiary/aromatic N) is 2. The smallest absolute Gasteiger partial charge is 0.410 e. The Morgan fingerprint density at radius 1 is 1.13 bits per heavy atom. The maximum Gasteiger partial charge on any atom is 0.419 e. The number of carbonyl (C=O) groups excluding carboxylic acids is 1. The number of aryl methyl sites for hydroxylation is 1. The Hall–Kier alpha value is -2.88. The second-order valence-electron chi connectivity index (χ2n) is 5.71. The van der Waals surface area contributed by atoms with Gasteiger partial charge < -0.3 is 4.74 Å². The molecule has 0 bridgehead atoms. The van der Waals surface area contributed by atoms with Crippen LogP contribution in [0.3, 0.4) is 0 Å². The highest BCUT2D eigenvalue weighted by Gasteiger charge is 2.25. The lowest BCUT2D eigenvalue weighted by Crippen LogP contribution is -2.31. The quantitative estimate of drug-likeness (QED) is 0.679. The van der Waals surface area contributed by atoms with Gasteiger partial charge in [0.05, 0.1) is 11.2 Å². The summed E-state index contributed by atoms with van der Waals surface area (Å²) in [6, 6.07) is 17.4. The highest BCUT2D eigenvalue weighted by Crippen LogP contribution is 2.29. The first-order chi connectivity index (χ1) is 11.2. The molecule has 1 aliphatic rings. The summed E-state index contributed by atoms with van der Waals surface area (Å²) in [4.78, 5) is 18.6. The maximum absolute atomic E-state index is 12.5. The number of benzene rings is 2. The van der Waals surface area contributed by atoms with Crippen molar-refractivity contribution in [2.24, 2.45) is 0 Å². The minimum absolute atomic E-state index is 0.339. The molecule has 4 heteroatoms. The summed E-state index contributed by atoms with van der Waals surface area (Å²) in [6.07, 6.45) is 0.529. The highest BCUT2D eigenvalue weighted by atomic mass is 16.6. The van der Waals surface area contributed by atoms with Crippen LogP contribution in [-0.4, -0.2) is 17.6 Å². The molecule has 0 atom stereocenters. The highest BCUT2D eigenvalue weighted by molar-refractivity contribution is 5.92. The lowest BCUT2D eigenvalue weighted by Gasteiger charge is -2.17. The van der Waals surface area contributed by atoms with Gasteiger partial charge in [0.1, 0.15) is 5.75 Å². The van der Waals surface area contributed by atoms with E-state index in [2.05, 4.69) is 4.98 Å². The van der Waals surface area contributed by atoms with Gasteiger partial charge in [-0.2, -0.15) is 0 Å². The normalized spacial score (nSPS) is 13.2. The Morgan fingerprint density at radius 3 is 2.91 bits per heavy atom. The molecule has 0 unspecified atom stereocenters. The molecule has 4 rings (SSSR count). The zero-order valence-corrected chi connectivity index (χ0v) is 12.8. The standard InChI is InChI=1S/C19H16N2O2/c1-13-6-7-15-12-16(8-9-17(15)20-13)23-19(22)21-11-10-14-4-2-3-5-18(14)21/h2-9,12H,10-11H2,1H3. The molecule has 114 valence electrons. The molecule has 0 saturated carbocycles. The first-order valence-corrected chi connectivity index (χ1v) is 7.65. The minimum Gasteiger partial charge on any atom is -0.410 e. The van der Waals surface area contributed by atoms with E-state index in [0.29, 0.717) is 12.3 Å². The summed E-state index contributed by atoms with van der Waals surface area (Å²) < 4.78 is 5.55. The third-order valence-corrected chi connectivity index (χ3v) is 4.11. The fourth-order valence-electron chi connectivity index (χ4n) is 2.95. The zero-order chi connectivity index (χ0) is 15.8. The average Bonchev–Trinajstić information content (AvgIpc) is 2.99. The maximum atomic E-state index is 12.5. The van der Waals surface area contributed by atoms with E-state index in [9.17, 15) is 4.79 Å². The number of fused-ring (bicyclic) bond motifs is 2. The molecule has 0 N–H and O–H groups in total. The van der Waals surface area contributed by atoms with Crippen molar-refractivity contribution in [3.05, 3.63) is 65.9 Å². The van der Waals surface area contributed by atoms with Crippen LogP contribution in [0.1, 0.15) is 11.3 Å². The van der Waals surface area contributed by atoms with Crippen LogP contribution >= 0.6 is 0 Å². The summed E-state index contributed by atoms with van der Waals surface area (Å²) >= 11 is 0. The van der Waals surface area contributed by atoms with Crippen LogP contribution < -0.4 is 9.64 Å². The van der Waals surface area contributed by atoms with Crippen molar-refractivity contribution >= 4 is 22.7 Å². The number of hydrogen-bond acceptors (Lipinski definition) is 3. The number of rotatable bonds is 1. The van der Waals surface area contributed by atoms with Crippen LogP contribution in [-0.2, 0) is 6.42 Å². The first-order valence-electron chi connectivity index (χ1n) is 7.65. The van der Waals surface area contributed by atoms with E-state index < -0.39 is 0 Å². The Bertz CT molecular complexity index is 905. The molecule has 2 heterocycles. The predicted molar refractivity (Wildman–Crippen MR) is 90.0 cm³/mol. The van der Waals surface area contributed by atoms with Crippen LogP contribution in [0.15, 0.2) is 54.6 Å². The monoisotopic (exact) mass is 304 g/mol. The van der Waals surface area contributed by atoms with E-state index in [-0.39, 0.29) is 6.09 Å². The lowest BCUT2D eigenvalue weighted by molar-refractivity contribution is 0.208. The molecule has 0 saturated heterocycles. The molecule has 0 radical (unpaired) electrons. The van der Waals surface area contributed by atoms with Gasteiger partial charge in [0.2, 0.25) is 0 Å². The van der Waals surface area contributed by atoms with Gasteiger partial charge >= 0.3 is 6.09 Å². The van der Waals surface area contributed by atoms with Gasteiger partial charge in [-0.3, -0.25) is 9.88 Å². The van der Waals surface area contributed by atoms with Gasteiger partial charge in [0, 0.05) is 17.6 Å². The molecule has 1 aromatic heterocycles. The first kappa shape index (κ1) is 13.8. The summed E-state index contributed by atoms with van der Waals surface area (Å²) in [5, 5.41) is 0.961. The van der Waals surface area contributed by atoms with Crippen molar-refractivity contribution < 1.29 is 9.53 Å². The van der Waals surface area contributed by atoms with E-state index in [1.807, 2.05) is 55.5 Å². The Labute approximate surface area is 134 Å². The second kappa shape index (κ2) is 5.39. The molecule has 23 heavy (non-hydrogen) atoms. The van der Waals surface area contributed by atoms with Crippen molar-refractivity contribution in [1.29, 1.82) is 0 Å². The van der Waals surface area contributed by atoms with Crippen molar-refractivity contribution in [1.82, 2.24) is 4.98 Å². The Balaban J connectivity index is 1.59. The van der Waals surface area contributed by atoms with Gasteiger partial charge in [-0.1, -0.05) is 24.3 Å². The Morgan fingerprint density at radius 2 is 2.00 bits per heavy atom. The van der Waals surface area contributed by atoms with E-state index >= 15 is 0 Å². The number of para-hydroxylation sites is 1. The third-order valence-electron chi connectivity index (χ3n) is 4.11. The summed E-state index contributed by atoms with van der Waals surface area (Å²) in [7, 11) is 0. The summed E-state index contributed by atoms with van der Waals surface area (Å²) in [5.41, 5.74) is 3.99. The van der Waals surface area contributed by atoms with Crippen molar-refractivity contribution in [3.8, 4) is 5.75 Å². The van der Waals surface area contributed by atoms with Gasteiger partial charge in [-0.25, -0.2) is 4.79 Å². The van der Waals surface area contributed by atoms with Crippen LogP contribution in [0, 0.1) is 6.92 Å². The summed E-state index contributed by atoms with van der Waals surface area (Å²) in [6.45, 7) is 2.62. The molecule has 3 aromatic rings. The largest absolute Gasteiger partial charge is 0.419 e. The topological polar surface area (TPSA) is 42.4 Å². The molecular formula is C19H16N2O2. The van der Waals surface area contributed by atoms with Crippen LogP contribution in [0.2, 0.25) is 0 Å². The number of hydrogen-bond donors (Lipinski definition) is 0. The molecule has 2 aromatic carbocycles. The fraction of sp³-hybridized carbons (Fsp3) is 0.158. The third kappa shape index (κ3) is 2.52. The van der Waals surface area contributed by atoms with Crippen LogP contribution in [0.25, 0.3) is 10.9 Å². The van der Waals surface area contributed by atoms with E-state index in [4.69, 9.17) is 4.74 Å². The van der Waals surface area contributed by atoms with Crippen LogP contribution in [0.4, 0.5) is 10.5 Å². The average molecular weight is 304 g/mol.